The quantitative estimate of drug-likeness (QED) is 0.322. The molecule has 0 spiro atoms. The summed E-state index contributed by atoms with van der Waals surface area (Å²) in [7, 11) is -0.757. The van der Waals surface area contributed by atoms with E-state index in [-0.39, 0.29) is 6.10 Å². The fourth-order valence-corrected chi connectivity index (χ4v) is 5.20. The van der Waals surface area contributed by atoms with Crippen molar-refractivity contribution in [3.8, 4) is 11.1 Å². The number of carbonyl (C=O) groups excluding carboxylic acids is 1. The van der Waals surface area contributed by atoms with Crippen LogP contribution in [0.4, 0.5) is 20.7 Å². The van der Waals surface area contributed by atoms with E-state index >= 15 is 4.39 Å². The van der Waals surface area contributed by atoms with Crippen molar-refractivity contribution >= 4 is 35.1 Å². The Morgan fingerprint density at radius 3 is 2.41 bits per heavy atom. The topological polar surface area (TPSA) is 78.3 Å². The van der Waals surface area contributed by atoms with Crippen molar-refractivity contribution in [3.63, 3.8) is 0 Å². The summed E-state index contributed by atoms with van der Waals surface area (Å²) in [4.78, 5) is 20.5. The number of rotatable bonds is 8. The molecule has 2 aliphatic heterocycles. The number of nitrogens with zero attached hydrogens (tertiary/aromatic N) is 5. The predicted octanol–water partition coefficient (Wildman–Crippen LogP) is 5.33. The van der Waals surface area contributed by atoms with Crippen LogP contribution in [0, 0.1) is 24.6 Å². The van der Waals surface area contributed by atoms with Crippen LogP contribution in [-0.2, 0) is 15.5 Å². The fraction of sp³-hybridized carbons (Fsp3) is 0.552. The van der Waals surface area contributed by atoms with E-state index < -0.39 is 22.7 Å². The fourth-order valence-electron chi connectivity index (χ4n) is 4.15. The van der Waals surface area contributed by atoms with Crippen molar-refractivity contribution in [2.24, 2.45) is 16.9 Å². The Labute approximate surface area is 234 Å². The molecular weight excluding hydrogens is 517 g/mol. The van der Waals surface area contributed by atoms with E-state index in [1.807, 2.05) is 19.9 Å². The summed E-state index contributed by atoms with van der Waals surface area (Å²) in [5.74, 6) is 3.39. The number of hydrogen-bond donors (Lipinski definition) is 0. The van der Waals surface area contributed by atoms with Crippen LogP contribution in [-0.4, -0.2) is 77.3 Å². The molecule has 10 heteroatoms. The molecule has 1 aromatic heterocycles. The number of cyclic esters (lactones) is 1. The first-order valence-electron chi connectivity index (χ1n) is 13.6. The Hall–Kier alpha value is -3.01. The largest absolute Gasteiger partial charge is 0.442 e. The maximum absolute atomic E-state index is 15.1. The predicted molar refractivity (Wildman–Crippen MR) is 159 cm³/mol. The molecule has 2 fully saturated rings. The van der Waals surface area contributed by atoms with Crippen LogP contribution in [0.2, 0.25) is 0 Å². The number of aromatic nitrogens is 1. The molecule has 0 saturated carbocycles. The number of aryl methyl sites for hydroxylation is 1. The number of hydrazone groups is 1. The molecule has 2 saturated heterocycles. The maximum atomic E-state index is 15.1. The standard InChI is InChI=1S/C23H28FN5O3S.C6H14/c1-4-28(25-3)14-19-15-29(23(30)32-19)18-5-6-20(21(24)12-18)17-11-16(2)22(26-13-17)27-7-9-33(31)10-8-27;1-5(2)6(3)4/h5-6,11-13,19H,3-4,7-10,14-15H2,1-2H3;5-6H,1-4H3. The number of likely N-dealkylation sites (N-methyl/N-ethyl adjacent to an activating group) is 1. The molecule has 1 amide bonds. The molecule has 0 N–H and O–H groups in total. The van der Waals surface area contributed by atoms with Gasteiger partial charge in [-0.05, 0) is 55.5 Å². The van der Waals surface area contributed by atoms with Crippen molar-refractivity contribution in [3.05, 3.63) is 41.8 Å². The second-order valence-electron chi connectivity index (χ2n) is 10.6. The Bertz CT molecular complexity index is 1160. The van der Waals surface area contributed by atoms with Crippen LogP contribution in [0.25, 0.3) is 11.1 Å². The van der Waals surface area contributed by atoms with E-state index in [1.165, 1.54) is 11.0 Å². The van der Waals surface area contributed by atoms with Gasteiger partial charge in [0.25, 0.3) is 0 Å². The van der Waals surface area contributed by atoms with Gasteiger partial charge in [-0.2, -0.15) is 5.10 Å². The first kappa shape index (κ1) is 30.5. The highest BCUT2D eigenvalue weighted by Gasteiger charge is 2.33. The van der Waals surface area contributed by atoms with Gasteiger partial charge in [0.05, 0.1) is 18.8 Å². The first-order valence-corrected chi connectivity index (χ1v) is 15.1. The number of pyridine rings is 1. The third-order valence-corrected chi connectivity index (χ3v) is 8.57. The van der Waals surface area contributed by atoms with E-state index in [9.17, 15) is 9.00 Å². The molecular formula is C29H42FN5O3S. The third-order valence-electron chi connectivity index (χ3n) is 7.29. The van der Waals surface area contributed by atoms with Gasteiger partial charge in [-0.15, -0.1) is 0 Å². The lowest BCUT2D eigenvalue weighted by molar-refractivity contribution is 0.112. The van der Waals surface area contributed by atoms with Crippen LogP contribution in [0.15, 0.2) is 35.6 Å². The van der Waals surface area contributed by atoms with Crippen molar-refractivity contribution < 1.29 is 18.1 Å². The number of amides is 1. The molecule has 1 unspecified atom stereocenters. The molecule has 3 heterocycles. The normalized spacial score (nSPS) is 17.8. The molecule has 4 rings (SSSR count). The average Bonchev–Trinajstić information content (AvgIpc) is 3.28. The summed E-state index contributed by atoms with van der Waals surface area (Å²) < 4.78 is 32.1. The van der Waals surface area contributed by atoms with Crippen molar-refractivity contribution in [2.75, 3.05) is 54.0 Å². The number of carbonyl (C=O) groups is 1. The molecule has 8 nitrogen and oxygen atoms in total. The zero-order chi connectivity index (χ0) is 28.7. The molecule has 2 aliphatic rings. The van der Waals surface area contributed by atoms with Gasteiger partial charge < -0.3 is 9.64 Å². The minimum absolute atomic E-state index is 0.319. The summed E-state index contributed by atoms with van der Waals surface area (Å²) in [6.45, 7) is 19.2. The minimum atomic E-state index is -0.757. The van der Waals surface area contributed by atoms with Gasteiger partial charge in [-0.1, -0.05) is 27.7 Å². The zero-order valence-electron chi connectivity index (χ0n) is 24.0. The Morgan fingerprint density at radius 2 is 1.87 bits per heavy atom. The maximum Gasteiger partial charge on any atom is 0.414 e. The molecule has 214 valence electrons. The van der Waals surface area contributed by atoms with Gasteiger partial charge in [0.1, 0.15) is 17.7 Å². The molecule has 0 radical (unpaired) electrons. The Kier molecular flexibility index (Phi) is 10.9. The smallest absolute Gasteiger partial charge is 0.414 e. The summed E-state index contributed by atoms with van der Waals surface area (Å²) in [6.07, 6.45) is 0.794. The van der Waals surface area contributed by atoms with Crippen LogP contribution in [0.1, 0.15) is 40.2 Å². The van der Waals surface area contributed by atoms with E-state index in [0.717, 1.165) is 23.2 Å². The van der Waals surface area contributed by atoms with Crippen LogP contribution in [0.3, 0.4) is 0 Å². The molecule has 0 bridgehead atoms. The second-order valence-corrected chi connectivity index (χ2v) is 12.3. The van der Waals surface area contributed by atoms with Gasteiger partial charge in [-0.25, -0.2) is 14.2 Å². The van der Waals surface area contributed by atoms with E-state index in [0.29, 0.717) is 61.0 Å². The van der Waals surface area contributed by atoms with Gasteiger partial charge in [0.15, 0.2) is 0 Å². The Balaban J connectivity index is 0.000000631. The third kappa shape index (κ3) is 8.00. The summed E-state index contributed by atoms with van der Waals surface area (Å²) in [6, 6.07) is 6.64. The second kappa shape index (κ2) is 13.9. The van der Waals surface area contributed by atoms with Crippen LogP contribution < -0.4 is 9.80 Å². The number of halogens is 1. The molecule has 1 atom stereocenters. The van der Waals surface area contributed by atoms with E-state index in [4.69, 9.17) is 4.74 Å². The number of hydrogen-bond acceptors (Lipinski definition) is 7. The van der Waals surface area contributed by atoms with Crippen molar-refractivity contribution in [2.45, 2.75) is 47.6 Å². The lowest BCUT2D eigenvalue weighted by Gasteiger charge is -2.28. The molecule has 2 aromatic rings. The summed E-state index contributed by atoms with van der Waals surface area (Å²) in [5.41, 5.74) is 2.46. The zero-order valence-corrected chi connectivity index (χ0v) is 24.8. The van der Waals surface area contributed by atoms with Gasteiger partial charge in [0.2, 0.25) is 0 Å². The highest BCUT2D eigenvalue weighted by molar-refractivity contribution is 7.85. The number of ether oxygens (including phenoxy) is 1. The highest BCUT2D eigenvalue weighted by atomic mass is 32.2. The first-order chi connectivity index (χ1) is 18.5. The van der Waals surface area contributed by atoms with Gasteiger partial charge >= 0.3 is 6.09 Å². The number of anilines is 2. The van der Waals surface area contributed by atoms with Crippen molar-refractivity contribution in [1.29, 1.82) is 0 Å². The van der Waals surface area contributed by atoms with Crippen LogP contribution in [0.5, 0.6) is 0 Å². The highest BCUT2D eigenvalue weighted by Crippen LogP contribution is 2.31. The summed E-state index contributed by atoms with van der Waals surface area (Å²) in [5, 5.41) is 5.61. The van der Waals surface area contributed by atoms with E-state index in [1.54, 1.807) is 23.3 Å². The Morgan fingerprint density at radius 1 is 1.21 bits per heavy atom. The minimum Gasteiger partial charge on any atom is -0.442 e. The lowest BCUT2D eigenvalue weighted by Crippen LogP contribution is -2.38. The molecule has 39 heavy (non-hydrogen) atoms. The number of benzene rings is 1. The summed E-state index contributed by atoms with van der Waals surface area (Å²) >= 11 is 0. The average molecular weight is 560 g/mol. The SMILES string of the molecule is C=NN(CC)CC1CN(c2ccc(-c3cnc(N4CCS(=O)CC4)c(C)c3)c(F)c2)C(=O)O1.CC(C)C(C)C. The molecule has 1 aromatic carbocycles. The van der Waals surface area contributed by atoms with Gasteiger partial charge in [0, 0.05) is 66.0 Å². The molecule has 0 aliphatic carbocycles. The van der Waals surface area contributed by atoms with Crippen molar-refractivity contribution in [1.82, 2.24) is 9.99 Å². The van der Waals surface area contributed by atoms with Gasteiger partial charge in [-0.3, -0.25) is 14.1 Å². The van der Waals surface area contributed by atoms with E-state index in [2.05, 4.69) is 49.4 Å². The monoisotopic (exact) mass is 559 g/mol. The lowest BCUT2D eigenvalue weighted by atomic mass is 10.0. The van der Waals surface area contributed by atoms with Crippen LogP contribution >= 0.6 is 0 Å².